The molecule has 4 rings (SSSR count). The highest BCUT2D eigenvalue weighted by Crippen LogP contribution is 2.27. The first-order valence-corrected chi connectivity index (χ1v) is 10.5. The standard InChI is InChI=1S/C28H24O5/c1-18(21-7-8-23-16-27(32-2)12-9-22(23)15-21)28(31)33-26-10-5-19(6-11-26)3-4-20-13-24(29)17-25(30)14-20/h3-18,29-30H,1-2H3. The van der Waals surface area contributed by atoms with Crippen LogP contribution in [0, 0.1) is 0 Å². The number of hydrogen-bond acceptors (Lipinski definition) is 5. The van der Waals surface area contributed by atoms with Gasteiger partial charge in [-0.25, -0.2) is 0 Å². The summed E-state index contributed by atoms with van der Waals surface area (Å²) in [4.78, 5) is 12.7. The lowest BCUT2D eigenvalue weighted by Gasteiger charge is -2.13. The molecule has 0 amide bonds. The highest BCUT2D eigenvalue weighted by atomic mass is 16.5. The van der Waals surface area contributed by atoms with Gasteiger partial charge in [0.05, 0.1) is 13.0 Å². The maximum absolute atomic E-state index is 12.7. The van der Waals surface area contributed by atoms with Gasteiger partial charge >= 0.3 is 5.97 Å². The molecule has 166 valence electrons. The second kappa shape index (κ2) is 9.49. The van der Waals surface area contributed by atoms with Crippen LogP contribution in [0.4, 0.5) is 0 Å². The van der Waals surface area contributed by atoms with Crippen LogP contribution in [0.15, 0.2) is 78.9 Å². The number of fused-ring (bicyclic) bond motifs is 1. The van der Waals surface area contributed by atoms with Crippen LogP contribution >= 0.6 is 0 Å². The van der Waals surface area contributed by atoms with Gasteiger partial charge in [0.15, 0.2) is 0 Å². The Kier molecular flexibility index (Phi) is 6.31. The first kappa shape index (κ1) is 22.0. The zero-order valence-electron chi connectivity index (χ0n) is 18.4. The van der Waals surface area contributed by atoms with E-state index in [9.17, 15) is 15.0 Å². The smallest absolute Gasteiger partial charge is 0.318 e. The predicted molar refractivity (Wildman–Crippen MR) is 130 cm³/mol. The summed E-state index contributed by atoms with van der Waals surface area (Å²) in [7, 11) is 1.64. The van der Waals surface area contributed by atoms with Crippen LogP contribution < -0.4 is 9.47 Å². The zero-order chi connectivity index (χ0) is 23.4. The normalized spacial score (nSPS) is 12.1. The molecule has 5 nitrogen and oxygen atoms in total. The molecule has 0 aromatic heterocycles. The molecule has 0 aliphatic rings. The molecule has 33 heavy (non-hydrogen) atoms. The van der Waals surface area contributed by atoms with Crippen molar-refractivity contribution < 1.29 is 24.5 Å². The minimum absolute atomic E-state index is 0.00262. The number of benzene rings is 4. The third-order valence-corrected chi connectivity index (χ3v) is 5.42. The predicted octanol–water partition coefficient (Wildman–Crippen LogP) is 6.14. The molecule has 0 aliphatic carbocycles. The van der Waals surface area contributed by atoms with Gasteiger partial charge in [-0.2, -0.15) is 0 Å². The van der Waals surface area contributed by atoms with Crippen LogP contribution in [0.3, 0.4) is 0 Å². The Labute approximate surface area is 192 Å². The summed E-state index contributed by atoms with van der Waals surface area (Å²) in [6, 6.07) is 23.2. The van der Waals surface area contributed by atoms with Crippen LogP contribution in [0.25, 0.3) is 22.9 Å². The van der Waals surface area contributed by atoms with E-state index in [1.54, 1.807) is 37.5 Å². The Morgan fingerprint density at radius 1 is 0.758 bits per heavy atom. The van der Waals surface area contributed by atoms with E-state index < -0.39 is 5.92 Å². The van der Waals surface area contributed by atoms with Gasteiger partial charge in [-0.05, 0) is 70.8 Å². The molecule has 1 atom stereocenters. The zero-order valence-corrected chi connectivity index (χ0v) is 18.4. The Bertz CT molecular complexity index is 1300. The topological polar surface area (TPSA) is 76.0 Å². The summed E-state index contributed by atoms with van der Waals surface area (Å²) in [6.07, 6.45) is 3.62. The maximum Gasteiger partial charge on any atom is 0.318 e. The van der Waals surface area contributed by atoms with Crippen molar-refractivity contribution in [2.24, 2.45) is 0 Å². The Balaban J connectivity index is 1.42. The van der Waals surface area contributed by atoms with Crippen LogP contribution in [0.1, 0.15) is 29.5 Å². The fourth-order valence-electron chi connectivity index (χ4n) is 3.53. The first-order chi connectivity index (χ1) is 15.9. The van der Waals surface area contributed by atoms with E-state index in [-0.39, 0.29) is 17.5 Å². The summed E-state index contributed by atoms with van der Waals surface area (Å²) in [5.74, 6) is 0.496. The number of carbonyl (C=O) groups excluding carboxylic acids is 1. The summed E-state index contributed by atoms with van der Waals surface area (Å²) >= 11 is 0. The van der Waals surface area contributed by atoms with Gasteiger partial charge in [0.25, 0.3) is 0 Å². The van der Waals surface area contributed by atoms with Crippen LogP contribution in [-0.2, 0) is 4.79 Å². The lowest BCUT2D eigenvalue weighted by molar-refractivity contribution is -0.135. The number of carbonyl (C=O) groups is 1. The van der Waals surface area contributed by atoms with Crippen LogP contribution in [-0.4, -0.2) is 23.3 Å². The highest BCUT2D eigenvalue weighted by Gasteiger charge is 2.18. The van der Waals surface area contributed by atoms with Gasteiger partial charge in [0.2, 0.25) is 0 Å². The number of phenolic OH excluding ortho intramolecular Hbond substituents is 2. The second-order valence-corrected chi connectivity index (χ2v) is 7.80. The third-order valence-electron chi connectivity index (χ3n) is 5.42. The first-order valence-electron chi connectivity index (χ1n) is 10.5. The summed E-state index contributed by atoms with van der Waals surface area (Å²) in [6.45, 7) is 1.83. The third kappa shape index (κ3) is 5.33. The van der Waals surface area contributed by atoms with E-state index >= 15 is 0 Å². The average Bonchev–Trinajstić information content (AvgIpc) is 2.81. The number of rotatable bonds is 6. The molecule has 4 aromatic rings. The molecule has 0 heterocycles. The fraction of sp³-hybridized carbons (Fsp3) is 0.107. The Morgan fingerprint density at radius 2 is 1.36 bits per heavy atom. The van der Waals surface area contributed by atoms with Gasteiger partial charge in [0.1, 0.15) is 23.0 Å². The number of hydrogen-bond donors (Lipinski definition) is 2. The number of esters is 1. The molecular formula is C28H24O5. The molecule has 0 saturated carbocycles. The summed E-state index contributed by atoms with van der Waals surface area (Å²) < 4.78 is 10.8. The number of phenols is 2. The van der Waals surface area contributed by atoms with Gasteiger partial charge in [0, 0.05) is 6.07 Å². The van der Waals surface area contributed by atoms with Crippen LogP contribution in [0.2, 0.25) is 0 Å². The van der Waals surface area contributed by atoms with E-state index in [2.05, 4.69) is 0 Å². The molecular weight excluding hydrogens is 416 g/mol. The number of methoxy groups -OCH3 is 1. The van der Waals surface area contributed by atoms with Crippen molar-refractivity contribution in [3.05, 3.63) is 95.6 Å². The average molecular weight is 440 g/mol. The Hall–Kier alpha value is -4.25. The van der Waals surface area contributed by atoms with Crippen molar-refractivity contribution in [2.45, 2.75) is 12.8 Å². The van der Waals surface area contributed by atoms with Crippen molar-refractivity contribution in [1.82, 2.24) is 0 Å². The van der Waals surface area contributed by atoms with E-state index in [0.717, 1.165) is 27.6 Å². The molecule has 0 bridgehead atoms. The molecule has 0 radical (unpaired) electrons. The lowest BCUT2D eigenvalue weighted by atomic mass is 9.98. The van der Waals surface area contributed by atoms with E-state index in [4.69, 9.17) is 9.47 Å². The molecule has 2 N–H and O–H groups in total. The van der Waals surface area contributed by atoms with Crippen molar-refractivity contribution >= 4 is 28.9 Å². The van der Waals surface area contributed by atoms with Gasteiger partial charge in [-0.15, -0.1) is 0 Å². The van der Waals surface area contributed by atoms with Gasteiger partial charge in [-0.3, -0.25) is 4.79 Å². The van der Waals surface area contributed by atoms with Crippen molar-refractivity contribution in [3.63, 3.8) is 0 Å². The van der Waals surface area contributed by atoms with Gasteiger partial charge < -0.3 is 19.7 Å². The number of ether oxygens (including phenoxy) is 2. The molecule has 1 unspecified atom stereocenters. The fourth-order valence-corrected chi connectivity index (χ4v) is 3.53. The monoisotopic (exact) mass is 440 g/mol. The molecule has 0 aliphatic heterocycles. The highest BCUT2D eigenvalue weighted by molar-refractivity contribution is 5.87. The molecule has 5 heteroatoms. The molecule has 0 saturated heterocycles. The van der Waals surface area contributed by atoms with Gasteiger partial charge in [-0.1, -0.05) is 48.6 Å². The summed E-state index contributed by atoms with van der Waals surface area (Å²) in [5.41, 5.74) is 2.44. The minimum Gasteiger partial charge on any atom is -0.508 e. The van der Waals surface area contributed by atoms with Crippen molar-refractivity contribution in [2.75, 3.05) is 7.11 Å². The minimum atomic E-state index is -0.422. The van der Waals surface area contributed by atoms with E-state index in [1.165, 1.54) is 6.07 Å². The van der Waals surface area contributed by atoms with Crippen molar-refractivity contribution in [1.29, 1.82) is 0 Å². The summed E-state index contributed by atoms with van der Waals surface area (Å²) in [5, 5.41) is 21.2. The second-order valence-electron chi connectivity index (χ2n) is 7.80. The van der Waals surface area contributed by atoms with Crippen molar-refractivity contribution in [3.8, 4) is 23.0 Å². The molecule has 0 fully saturated rings. The van der Waals surface area contributed by atoms with E-state index in [0.29, 0.717) is 11.3 Å². The SMILES string of the molecule is COc1ccc2cc(C(C)C(=O)Oc3ccc(C=Cc4cc(O)cc(O)c4)cc3)ccc2c1. The van der Waals surface area contributed by atoms with Crippen LogP contribution in [0.5, 0.6) is 23.0 Å². The number of aromatic hydroxyl groups is 2. The maximum atomic E-state index is 12.7. The lowest BCUT2D eigenvalue weighted by Crippen LogP contribution is -2.16. The Morgan fingerprint density at radius 3 is 2.06 bits per heavy atom. The largest absolute Gasteiger partial charge is 0.508 e. The molecule has 0 spiro atoms. The molecule has 4 aromatic carbocycles. The quantitative estimate of drug-likeness (QED) is 0.214. The van der Waals surface area contributed by atoms with E-state index in [1.807, 2.05) is 61.5 Å².